The normalized spacial score (nSPS) is 17.6. The molecule has 4 aromatic carbocycles. The molecule has 30 heteroatoms. The smallest absolute Gasteiger partial charge is 0.381 e. The van der Waals surface area contributed by atoms with Crippen LogP contribution < -0.4 is 20.4 Å². The highest BCUT2D eigenvalue weighted by atomic mass is 28.4. The highest BCUT2D eigenvalue weighted by Crippen LogP contribution is 2.58. The monoisotopic (exact) mass is 1890 g/mol. The average molecular weight is 1890 g/mol. The lowest BCUT2D eigenvalue weighted by Crippen LogP contribution is -2.46. The Labute approximate surface area is 796 Å². The summed E-state index contributed by atoms with van der Waals surface area (Å²) in [5.41, 5.74) is 6.83. The summed E-state index contributed by atoms with van der Waals surface area (Å²) in [5, 5.41) is 5.47. The molecule has 4 aliphatic heterocycles. The van der Waals surface area contributed by atoms with Crippen LogP contribution in [0.1, 0.15) is 198 Å². The molecular formula is C104H140N6O21Si3. The molecule has 12 rings (SSSR count). The number of hydrogen-bond acceptors (Lipinski definition) is 21. The van der Waals surface area contributed by atoms with Crippen molar-refractivity contribution in [1.82, 2.24) is 20.4 Å². The number of rotatable bonds is 56. The van der Waals surface area contributed by atoms with Crippen LogP contribution in [-0.4, -0.2) is 207 Å². The SMILES string of the molecule is CCO[Si](CCCC1C2C=CC1C1C(=O)N(CCC(=O)CCCOCCC(=O)NCCC(=O)N3Cc4ccccc4C#Cc4ccccc43)C(=O)C21)(OCC)OCC.CCO[Si](CCCC1C=CC=C1)(OCC)OCC.CCO[Si](CCCC1C=CC=C1)(OCC)OCC.O=C(CCCC(=O)N1Cc2ccccc2C#Cc2ccccc21)CCOCCNC(=O)CCN1C(=O)C=CC1=O. The van der Waals surface area contributed by atoms with Crippen LogP contribution >= 0.6 is 0 Å². The van der Waals surface area contributed by atoms with E-state index in [1.165, 1.54) is 17.1 Å². The van der Waals surface area contributed by atoms with Gasteiger partial charge in [-0.05, 0) is 191 Å². The van der Waals surface area contributed by atoms with E-state index in [4.69, 9.17) is 49.3 Å². The van der Waals surface area contributed by atoms with Gasteiger partial charge in [-0.1, -0.05) is 145 Å². The van der Waals surface area contributed by atoms with Gasteiger partial charge in [-0.15, -0.1) is 0 Å². The molecule has 4 aromatic rings. The number of amides is 8. The van der Waals surface area contributed by atoms with E-state index in [0.717, 1.165) is 100 Å². The number of benzene rings is 4. The van der Waals surface area contributed by atoms with Crippen LogP contribution in [0.3, 0.4) is 0 Å². The highest BCUT2D eigenvalue weighted by molar-refractivity contribution is 6.61. The van der Waals surface area contributed by atoms with E-state index in [-0.39, 0.29) is 174 Å². The van der Waals surface area contributed by atoms with Gasteiger partial charge in [0.05, 0.1) is 56.1 Å². The third-order valence-corrected chi connectivity index (χ3v) is 33.6. The van der Waals surface area contributed by atoms with Crippen LogP contribution in [0.25, 0.3) is 0 Å². The number of nitrogens with one attached hydrogen (secondary N) is 2. The highest BCUT2D eigenvalue weighted by Gasteiger charge is 2.63. The van der Waals surface area contributed by atoms with Crippen LogP contribution in [0.5, 0.6) is 0 Å². The van der Waals surface area contributed by atoms with Crippen molar-refractivity contribution in [2.24, 2.45) is 41.4 Å². The number of fused-ring (bicyclic) bond motifs is 9. The maximum absolute atomic E-state index is 13.5. The molecule has 0 spiro atoms. The minimum atomic E-state index is -2.76. The van der Waals surface area contributed by atoms with Gasteiger partial charge in [-0.3, -0.25) is 57.7 Å². The first-order valence-corrected chi connectivity index (χ1v) is 54.2. The maximum Gasteiger partial charge on any atom is 0.500 e. The number of anilines is 2. The average Bonchev–Trinajstić information content (AvgIpc) is 1.55. The third kappa shape index (κ3) is 33.0. The number of Topliss-reactive ketones (excluding diaryl/α,β-unsaturated/α-hetero) is 2. The Kier molecular flexibility index (Phi) is 46.6. The van der Waals surface area contributed by atoms with Crippen LogP contribution in [-0.2, 0) is 110 Å². The van der Waals surface area contributed by atoms with Crippen molar-refractivity contribution in [3.05, 3.63) is 203 Å². The number of carbonyl (C=O) groups is 10. The quantitative estimate of drug-likeness (QED) is 0.0136. The Morgan fingerprint density at radius 1 is 0.366 bits per heavy atom. The summed E-state index contributed by atoms with van der Waals surface area (Å²) in [5.74, 6) is 11.7. The van der Waals surface area contributed by atoms with Crippen molar-refractivity contribution in [3.63, 3.8) is 0 Å². The largest absolute Gasteiger partial charge is 0.500 e. The Balaban J connectivity index is 0.000000227. The molecule has 4 heterocycles. The van der Waals surface area contributed by atoms with Gasteiger partial charge in [0.15, 0.2) is 0 Å². The van der Waals surface area contributed by atoms with Gasteiger partial charge < -0.3 is 69.7 Å². The van der Waals surface area contributed by atoms with E-state index in [9.17, 15) is 47.9 Å². The van der Waals surface area contributed by atoms with Crippen LogP contribution in [0.15, 0.2) is 170 Å². The first kappa shape index (κ1) is 108. The van der Waals surface area contributed by atoms with E-state index < -0.39 is 38.2 Å². The predicted octanol–water partition coefficient (Wildman–Crippen LogP) is 15.1. The number of hydrogen-bond donors (Lipinski definition) is 2. The minimum absolute atomic E-state index is 0.00895. The van der Waals surface area contributed by atoms with Crippen molar-refractivity contribution in [3.8, 4) is 23.7 Å². The summed E-state index contributed by atoms with van der Waals surface area (Å²) in [4.78, 5) is 132. The topological polar surface area (TPSA) is 309 Å². The van der Waals surface area contributed by atoms with Crippen molar-refractivity contribution in [2.45, 2.75) is 196 Å². The molecule has 2 bridgehead atoms. The minimum Gasteiger partial charge on any atom is -0.381 e. The molecule has 8 amide bonds. The molecule has 1 saturated carbocycles. The van der Waals surface area contributed by atoms with Gasteiger partial charge in [0, 0.05) is 196 Å². The molecule has 134 heavy (non-hydrogen) atoms. The lowest BCUT2D eigenvalue weighted by Gasteiger charge is -2.29. The Bertz CT molecular complexity index is 4670. The number of carbonyl (C=O) groups excluding carboxylic acids is 10. The summed E-state index contributed by atoms with van der Waals surface area (Å²) in [6, 6.07) is 33.3. The first-order valence-electron chi connectivity index (χ1n) is 48.4. The number of likely N-dealkylation sites (tertiary alicyclic amines) is 1. The molecule has 2 N–H and O–H groups in total. The second-order valence-electron chi connectivity index (χ2n) is 33.3. The van der Waals surface area contributed by atoms with Gasteiger partial charge in [0.2, 0.25) is 35.4 Å². The second-order valence-corrected chi connectivity index (χ2v) is 41.4. The van der Waals surface area contributed by atoms with Gasteiger partial charge in [-0.25, -0.2) is 0 Å². The van der Waals surface area contributed by atoms with E-state index in [0.29, 0.717) is 110 Å². The maximum atomic E-state index is 13.5. The van der Waals surface area contributed by atoms with Crippen molar-refractivity contribution in [2.75, 3.05) is 122 Å². The van der Waals surface area contributed by atoms with Gasteiger partial charge in [0.1, 0.15) is 11.6 Å². The van der Waals surface area contributed by atoms with Crippen molar-refractivity contribution >= 4 is 96.6 Å². The molecule has 0 radical (unpaired) electrons. The number of allylic oxidation sites excluding steroid dienone is 10. The number of para-hydroxylation sites is 2. The summed E-state index contributed by atoms with van der Waals surface area (Å²) < 4.78 is 64.1. The number of ketones is 2. The van der Waals surface area contributed by atoms with E-state index in [2.05, 4.69) is 95.1 Å². The molecule has 724 valence electrons. The fourth-order valence-electron chi connectivity index (χ4n) is 17.9. The van der Waals surface area contributed by atoms with Crippen LogP contribution in [0, 0.1) is 65.1 Å². The molecule has 1 saturated heterocycles. The predicted molar refractivity (Wildman–Crippen MR) is 521 cm³/mol. The van der Waals surface area contributed by atoms with Gasteiger partial charge >= 0.3 is 26.4 Å². The molecule has 4 atom stereocenters. The Morgan fingerprint density at radius 2 is 0.739 bits per heavy atom. The molecule has 4 aliphatic carbocycles. The number of nitrogens with zero attached hydrogens (tertiary/aromatic N) is 4. The van der Waals surface area contributed by atoms with Crippen molar-refractivity contribution in [1.29, 1.82) is 0 Å². The molecule has 2 fully saturated rings. The zero-order chi connectivity index (χ0) is 95.9. The lowest BCUT2D eigenvalue weighted by molar-refractivity contribution is -0.142. The van der Waals surface area contributed by atoms with Crippen molar-refractivity contribution < 1.29 is 97.3 Å². The fraction of sp³-hybridized carbons (Fsp3) is 0.519. The van der Waals surface area contributed by atoms with E-state index in [1.807, 2.05) is 159 Å². The standard InChI is InChI=1S/C45H57N3O9Si.C31H31N3O6.2C14H26O3Si/c1-4-55-58(56-5-2,57-6-3)30-12-17-36-37-21-22-38(36)43-42(37)44(52)47(45(43)53)27-24-35(49)16-11-28-54-29-25-40(50)46-26-23-41(51)48-31-34-15-8-7-13-32(34)19-20-33-14-9-10-18-39(33)48;35-26(17-20-40-21-18-32-28(36)16-19-33-30(38)14-15-31(33)39)9-5-11-29(37)34-22-25-8-2-1-6-23(25)12-13-24-7-3-4-10-27(24)34;2*1-4-15-18(16-5-2,17-6-3)13-9-12-14-10-7-8-11-14/h7-10,13-15,18,21-22,36-38,42-43H,4-6,11-12,16-17,23-31H2,1-3H3,(H,46,50);1-4,6-8,10,14-15H,5,9,11,16-22H2,(H,32,36);2*7-8,10-11,14H,4-6,9,12-13H2,1-3H3. The lowest BCUT2D eigenvalue weighted by atomic mass is 9.85. The van der Waals surface area contributed by atoms with Gasteiger partial charge in [0.25, 0.3) is 11.8 Å². The molecule has 27 nitrogen and oxygen atoms in total. The molecule has 8 aliphatic rings. The molecular weight excluding hydrogens is 1750 g/mol. The summed E-state index contributed by atoms with van der Waals surface area (Å²) in [6.45, 7) is 25.8. The first-order chi connectivity index (χ1) is 65.1. The summed E-state index contributed by atoms with van der Waals surface area (Å²) in [6.07, 6.45) is 32.5. The Morgan fingerprint density at radius 3 is 1.20 bits per heavy atom. The second kappa shape index (κ2) is 57.9. The van der Waals surface area contributed by atoms with E-state index >= 15 is 0 Å². The molecule has 4 unspecified atom stereocenters. The zero-order valence-electron chi connectivity index (χ0n) is 79.9. The fourth-order valence-corrected chi connectivity index (χ4v) is 25.8. The van der Waals surface area contributed by atoms with Gasteiger partial charge in [-0.2, -0.15) is 0 Å². The zero-order valence-corrected chi connectivity index (χ0v) is 82.9. The third-order valence-electron chi connectivity index (χ3n) is 24.1. The summed E-state index contributed by atoms with van der Waals surface area (Å²) in [7, 11) is -7.59. The number of ether oxygens (including phenoxy) is 2. The van der Waals surface area contributed by atoms with E-state index in [1.54, 1.807) is 9.80 Å². The molecule has 0 aromatic heterocycles. The summed E-state index contributed by atoms with van der Waals surface area (Å²) >= 11 is 0. The van der Waals surface area contributed by atoms with Crippen LogP contribution in [0.2, 0.25) is 18.1 Å². The number of imide groups is 2. The van der Waals surface area contributed by atoms with Crippen LogP contribution in [0.4, 0.5) is 11.4 Å². The Hall–Kier alpha value is -9.85.